The van der Waals surface area contributed by atoms with Gasteiger partial charge < -0.3 is 10.2 Å². The Labute approximate surface area is 156 Å². The fourth-order valence-corrected chi connectivity index (χ4v) is 5.89. The smallest absolute Gasteiger partial charge is 0.0571 e. The molecule has 8 atom stereocenters. The Kier molecular flexibility index (Phi) is 7.42. The number of aliphatic hydroxyl groups excluding tert-OH is 2. The van der Waals surface area contributed by atoms with Gasteiger partial charge in [0.15, 0.2) is 0 Å². The number of hydrogen-bond donors (Lipinski definition) is 2. The molecule has 0 aromatic heterocycles. The lowest BCUT2D eigenvalue weighted by atomic mass is 9.56. The van der Waals surface area contributed by atoms with Crippen molar-refractivity contribution in [2.75, 3.05) is 0 Å². The van der Waals surface area contributed by atoms with Gasteiger partial charge in [0.05, 0.1) is 12.2 Å². The van der Waals surface area contributed by atoms with E-state index in [0.29, 0.717) is 40.9 Å². The molecule has 8 unspecified atom stereocenters. The quantitative estimate of drug-likeness (QED) is 0.647. The van der Waals surface area contributed by atoms with E-state index in [2.05, 4.69) is 41.5 Å². The molecule has 2 heteroatoms. The lowest BCUT2D eigenvalue weighted by molar-refractivity contribution is -0.0573. The van der Waals surface area contributed by atoms with Crippen LogP contribution >= 0.6 is 0 Å². The zero-order valence-electron chi connectivity index (χ0n) is 17.7. The Balaban J connectivity index is 2.09. The topological polar surface area (TPSA) is 40.5 Å². The molecule has 0 radical (unpaired) electrons. The zero-order chi connectivity index (χ0) is 18.8. The molecule has 2 aliphatic rings. The summed E-state index contributed by atoms with van der Waals surface area (Å²) in [6, 6.07) is 0. The highest BCUT2D eigenvalue weighted by Gasteiger charge is 2.45. The lowest BCUT2D eigenvalue weighted by Gasteiger charge is -2.50. The van der Waals surface area contributed by atoms with Gasteiger partial charge >= 0.3 is 0 Å². The first-order valence-electron chi connectivity index (χ1n) is 11.1. The molecular weight excluding hydrogens is 308 g/mol. The van der Waals surface area contributed by atoms with E-state index in [-0.39, 0.29) is 12.2 Å². The highest BCUT2D eigenvalue weighted by molar-refractivity contribution is 4.95. The Hall–Kier alpha value is -0.0800. The number of hydrogen-bond acceptors (Lipinski definition) is 2. The Morgan fingerprint density at radius 2 is 1.12 bits per heavy atom. The summed E-state index contributed by atoms with van der Waals surface area (Å²) in [6.45, 7) is 14.1. The monoisotopic (exact) mass is 352 g/mol. The summed E-state index contributed by atoms with van der Waals surface area (Å²) in [5, 5.41) is 21.0. The molecule has 2 nitrogen and oxygen atoms in total. The van der Waals surface area contributed by atoms with Gasteiger partial charge in [-0.15, -0.1) is 0 Å². The summed E-state index contributed by atoms with van der Waals surface area (Å²) in [5.41, 5.74) is 0.317. The largest absolute Gasteiger partial charge is 0.393 e. The van der Waals surface area contributed by atoms with E-state index in [9.17, 15) is 10.2 Å². The van der Waals surface area contributed by atoms with Crippen LogP contribution in [0.4, 0.5) is 0 Å². The average molecular weight is 353 g/mol. The molecular formula is C23H44O2. The van der Waals surface area contributed by atoms with Gasteiger partial charge in [0, 0.05) is 0 Å². The van der Waals surface area contributed by atoms with Crippen molar-refractivity contribution in [3.05, 3.63) is 0 Å². The maximum absolute atomic E-state index is 10.5. The van der Waals surface area contributed by atoms with E-state index in [1.54, 1.807) is 0 Å². The summed E-state index contributed by atoms with van der Waals surface area (Å²) in [5.74, 6) is 3.62. The van der Waals surface area contributed by atoms with Crippen molar-refractivity contribution in [1.29, 1.82) is 0 Å². The van der Waals surface area contributed by atoms with Crippen LogP contribution in [0, 0.1) is 40.9 Å². The molecule has 2 aliphatic carbocycles. The van der Waals surface area contributed by atoms with Crippen molar-refractivity contribution in [3.63, 3.8) is 0 Å². The molecule has 0 saturated heterocycles. The van der Waals surface area contributed by atoms with Crippen LogP contribution in [0.15, 0.2) is 0 Å². The van der Waals surface area contributed by atoms with Crippen LogP contribution in [0.1, 0.15) is 92.9 Å². The van der Waals surface area contributed by atoms with Gasteiger partial charge in [0.25, 0.3) is 0 Å². The van der Waals surface area contributed by atoms with Gasteiger partial charge in [-0.2, -0.15) is 0 Å². The van der Waals surface area contributed by atoms with Gasteiger partial charge in [-0.25, -0.2) is 0 Å². The van der Waals surface area contributed by atoms with Crippen LogP contribution in [-0.2, 0) is 0 Å². The van der Waals surface area contributed by atoms with Crippen LogP contribution in [0.5, 0.6) is 0 Å². The van der Waals surface area contributed by atoms with E-state index in [4.69, 9.17) is 0 Å². The van der Waals surface area contributed by atoms with Crippen molar-refractivity contribution >= 4 is 0 Å². The molecule has 0 aromatic rings. The first-order valence-corrected chi connectivity index (χ1v) is 11.1. The molecule has 2 N–H and O–H groups in total. The first-order chi connectivity index (χ1) is 11.7. The normalized spacial score (nSPS) is 39.8. The summed E-state index contributed by atoms with van der Waals surface area (Å²) in [4.78, 5) is 0. The van der Waals surface area contributed by atoms with E-state index < -0.39 is 0 Å². The third-order valence-corrected chi connectivity index (χ3v) is 8.58. The van der Waals surface area contributed by atoms with Crippen molar-refractivity contribution in [3.8, 4) is 0 Å². The maximum atomic E-state index is 10.5. The molecule has 0 heterocycles. The van der Waals surface area contributed by atoms with Gasteiger partial charge in [-0.1, -0.05) is 54.4 Å². The van der Waals surface area contributed by atoms with Crippen LogP contribution in [-0.4, -0.2) is 22.4 Å². The Bertz CT molecular complexity index is 361. The number of rotatable bonds is 6. The zero-order valence-corrected chi connectivity index (χ0v) is 17.7. The molecule has 25 heavy (non-hydrogen) atoms. The molecule has 0 spiro atoms. The molecule has 2 rings (SSSR count). The summed E-state index contributed by atoms with van der Waals surface area (Å²) in [7, 11) is 0. The first kappa shape index (κ1) is 21.2. The molecule has 0 bridgehead atoms. The summed E-state index contributed by atoms with van der Waals surface area (Å²) >= 11 is 0. The maximum Gasteiger partial charge on any atom is 0.0571 e. The van der Waals surface area contributed by atoms with Crippen LogP contribution in [0.3, 0.4) is 0 Å². The Morgan fingerprint density at radius 1 is 0.760 bits per heavy atom. The predicted molar refractivity (Wildman–Crippen MR) is 106 cm³/mol. The van der Waals surface area contributed by atoms with Crippen molar-refractivity contribution in [2.45, 2.75) is 105 Å². The fourth-order valence-electron chi connectivity index (χ4n) is 5.89. The minimum atomic E-state index is -0.0944. The van der Waals surface area contributed by atoms with E-state index in [1.165, 1.54) is 38.5 Å². The lowest BCUT2D eigenvalue weighted by Crippen LogP contribution is -2.45. The highest BCUT2D eigenvalue weighted by Crippen LogP contribution is 2.52. The summed E-state index contributed by atoms with van der Waals surface area (Å²) < 4.78 is 0. The molecule has 148 valence electrons. The molecule has 0 amide bonds. The SMILES string of the molecule is CCC(C)C1CC(C(C)(C)C2CCC(O)C(C(C)CC)C2)CCC1O. The molecule has 2 fully saturated rings. The Morgan fingerprint density at radius 3 is 1.44 bits per heavy atom. The van der Waals surface area contributed by atoms with Gasteiger partial charge in [0.2, 0.25) is 0 Å². The van der Waals surface area contributed by atoms with Gasteiger partial charge in [-0.05, 0) is 79.4 Å². The van der Waals surface area contributed by atoms with E-state index >= 15 is 0 Å². The number of aliphatic hydroxyl groups is 2. The van der Waals surface area contributed by atoms with E-state index in [0.717, 1.165) is 12.8 Å². The van der Waals surface area contributed by atoms with Gasteiger partial charge in [-0.3, -0.25) is 0 Å². The van der Waals surface area contributed by atoms with Crippen molar-refractivity contribution < 1.29 is 10.2 Å². The van der Waals surface area contributed by atoms with Crippen LogP contribution in [0.2, 0.25) is 0 Å². The minimum absolute atomic E-state index is 0.0944. The minimum Gasteiger partial charge on any atom is -0.393 e. The van der Waals surface area contributed by atoms with Crippen molar-refractivity contribution in [1.82, 2.24) is 0 Å². The standard InChI is InChI=1S/C23H44O2/c1-7-15(3)19-13-17(9-11-21(19)24)23(5,6)18-10-12-22(25)20(14-18)16(4)8-2/h15-22,24-25H,7-14H2,1-6H3. The van der Waals surface area contributed by atoms with Gasteiger partial charge in [0.1, 0.15) is 0 Å². The van der Waals surface area contributed by atoms with E-state index in [1.807, 2.05) is 0 Å². The van der Waals surface area contributed by atoms with Crippen LogP contribution in [0.25, 0.3) is 0 Å². The highest BCUT2D eigenvalue weighted by atomic mass is 16.3. The second-order valence-corrected chi connectivity index (χ2v) is 10.1. The second-order valence-electron chi connectivity index (χ2n) is 10.1. The third kappa shape index (κ3) is 4.61. The third-order valence-electron chi connectivity index (χ3n) is 8.58. The summed E-state index contributed by atoms with van der Waals surface area (Å²) in [6.07, 6.45) is 8.84. The molecule has 0 aromatic carbocycles. The van der Waals surface area contributed by atoms with Crippen molar-refractivity contribution in [2.24, 2.45) is 40.9 Å². The fraction of sp³-hybridized carbons (Fsp3) is 1.00. The molecule has 0 aliphatic heterocycles. The predicted octanol–water partition coefficient (Wildman–Crippen LogP) is 5.66. The molecule has 2 saturated carbocycles. The van der Waals surface area contributed by atoms with Crippen LogP contribution < -0.4 is 0 Å². The average Bonchev–Trinajstić information content (AvgIpc) is 2.60. The second kappa shape index (κ2) is 8.74.